The number of hydrogen-bond donors (Lipinski definition) is 3. The van der Waals surface area contributed by atoms with Crippen LogP contribution in [0.1, 0.15) is 12.0 Å². The van der Waals surface area contributed by atoms with Gasteiger partial charge >= 0.3 is 0 Å². The number of carbonyl (C=O) groups is 1. The standard InChI is InChI=1S/C21H25BrN4O3/c1-29-19-14-16(13-18(22)21(19)28)15-23-24-20(27)7-8-25-9-11-26(12-10-25)17-5-3-2-4-6-17/h2-6,13-15,28H,7-12H2,1H3,(H,24,27)/p+1/b23-15+. The first-order valence-electron chi connectivity index (χ1n) is 9.59. The van der Waals surface area contributed by atoms with E-state index in [9.17, 15) is 9.90 Å². The van der Waals surface area contributed by atoms with Gasteiger partial charge in [-0.25, -0.2) is 5.43 Å². The first-order chi connectivity index (χ1) is 14.1. The van der Waals surface area contributed by atoms with Gasteiger partial charge in [0.25, 0.3) is 0 Å². The Bertz CT molecular complexity index is 853. The zero-order valence-corrected chi connectivity index (χ0v) is 18.0. The Labute approximate surface area is 179 Å². The lowest BCUT2D eigenvalue weighted by atomic mass is 10.2. The number of amides is 1. The number of nitrogens with zero attached hydrogens (tertiary/aromatic N) is 2. The molecule has 8 heteroatoms. The second-order valence-electron chi connectivity index (χ2n) is 6.92. The molecular formula is C21H26BrN4O3+. The van der Waals surface area contributed by atoms with Crippen LogP contribution in [0.2, 0.25) is 0 Å². The smallest absolute Gasteiger partial charge is 0.245 e. The number of para-hydroxylation sites is 1. The van der Waals surface area contributed by atoms with Gasteiger partial charge in [0.2, 0.25) is 5.91 Å². The third-order valence-corrected chi connectivity index (χ3v) is 5.58. The van der Waals surface area contributed by atoms with Gasteiger partial charge < -0.3 is 19.6 Å². The van der Waals surface area contributed by atoms with Crippen LogP contribution in [0.4, 0.5) is 5.69 Å². The van der Waals surface area contributed by atoms with E-state index in [-0.39, 0.29) is 11.7 Å². The number of halogens is 1. The maximum Gasteiger partial charge on any atom is 0.245 e. The third kappa shape index (κ3) is 5.95. The van der Waals surface area contributed by atoms with Crippen molar-refractivity contribution in [3.8, 4) is 11.5 Å². The molecule has 1 saturated heterocycles. The molecule has 0 spiro atoms. The fraction of sp³-hybridized carbons (Fsp3) is 0.333. The Morgan fingerprint density at radius 3 is 2.72 bits per heavy atom. The molecule has 0 aliphatic carbocycles. The number of aromatic hydroxyl groups is 1. The zero-order chi connectivity index (χ0) is 20.6. The fourth-order valence-electron chi connectivity index (χ4n) is 3.32. The van der Waals surface area contributed by atoms with Crippen LogP contribution in [0.3, 0.4) is 0 Å². The number of quaternary nitrogens is 1. The van der Waals surface area contributed by atoms with E-state index in [4.69, 9.17) is 4.74 Å². The van der Waals surface area contributed by atoms with E-state index in [2.05, 4.69) is 55.6 Å². The molecule has 2 aromatic carbocycles. The van der Waals surface area contributed by atoms with E-state index in [1.807, 2.05) is 6.07 Å². The first kappa shape index (κ1) is 21.1. The number of rotatable bonds is 7. The van der Waals surface area contributed by atoms with Crippen LogP contribution in [0, 0.1) is 0 Å². The van der Waals surface area contributed by atoms with E-state index >= 15 is 0 Å². The number of anilines is 1. The molecule has 0 saturated carbocycles. The summed E-state index contributed by atoms with van der Waals surface area (Å²) < 4.78 is 5.60. The highest BCUT2D eigenvalue weighted by Crippen LogP contribution is 2.34. The summed E-state index contributed by atoms with van der Waals surface area (Å²) in [5.41, 5.74) is 4.53. The van der Waals surface area contributed by atoms with Crippen molar-refractivity contribution in [3.63, 3.8) is 0 Å². The molecule has 29 heavy (non-hydrogen) atoms. The topological polar surface area (TPSA) is 78.6 Å². The van der Waals surface area contributed by atoms with Crippen LogP contribution >= 0.6 is 15.9 Å². The van der Waals surface area contributed by atoms with Crippen LogP contribution in [-0.4, -0.2) is 57.1 Å². The van der Waals surface area contributed by atoms with Crippen LogP contribution in [0.5, 0.6) is 11.5 Å². The van der Waals surface area contributed by atoms with E-state index in [0.717, 1.165) is 32.7 Å². The average Bonchev–Trinajstić information content (AvgIpc) is 2.75. The maximum absolute atomic E-state index is 12.1. The molecule has 7 nitrogen and oxygen atoms in total. The molecule has 1 heterocycles. The predicted octanol–water partition coefficient (Wildman–Crippen LogP) is 1.41. The summed E-state index contributed by atoms with van der Waals surface area (Å²) in [4.78, 5) is 15.9. The van der Waals surface area contributed by atoms with Gasteiger partial charge in [-0.05, 0) is 45.8 Å². The quantitative estimate of drug-likeness (QED) is 0.430. The molecule has 0 aromatic heterocycles. The van der Waals surface area contributed by atoms with Gasteiger partial charge in [0, 0.05) is 5.69 Å². The Morgan fingerprint density at radius 1 is 1.31 bits per heavy atom. The van der Waals surface area contributed by atoms with Gasteiger partial charge in [0.05, 0.1) is 56.9 Å². The summed E-state index contributed by atoms with van der Waals surface area (Å²) in [5, 5.41) is 13.8. The Balaban J connectivity index is 1.41. The number of nitrogens with one attached hydrogen (secondary N) is 2. The molecule has 1 amide bonds. The largest absolute Gasteiger partial charge is 0.503 e. The highest BCUT2D eigenvalue weighted by Gasteiger charge is 2.20. The molecule has 0 bridgehead atoms. The number of carbonyl (C=O) groups excluding carboxylic acids is 1. The number of phenols is 1. The van der Waals surface area contributed by atoms with Gasteiger partial charge in [0.1, 0.15) is 0 Å². The summed E-state index contributed by atoms with van der Waals surface area (Å²) in [6, 6.07) is 13.8. The molecule has 0 atom stereocenters. The van der Waals surface area contributed by atoms with Gasteiger partial charge in [-0.1, -0.05) is 18.2 Å². The van der Waals surface area contributed by atoms with Gasteiger partial charge in [0.15, 0.2) is 11.5 Å². The summed E-state index contributed by atoms with van der Waals surface area (Å²) in [7, 11) is 1.48. The number of phenolic OH excluding ortho intramolecular Hbond substituents is 1. The van der Waals surface area contributed by atoms with Gasteiger partial charge in [-0.3, -0.25) is 4.79 Å². The predicted molar refractivity (Wildman–Crippen MR) is 117 cm³/mol. The van der Waals surface area contributed by atoms with E-state index in [0.29, 0.717) is 22.2 Å². The van der Waals surface area contributed by atoms with Crippen molar-refractivity contribution >= 4 is 33.7 Å². The summed E-state index contributed by atoms with van der Waals surface area (Å²) >= 11 is 3.26. The molecule has 0 unspecified atom stereocenters. The molecule has 2 aromatic rings. The van der Waals surface area contributed by atoms with Crippen LogP contribution in [0.15, 0.2) is 52.0 Å². The highest BCUT2D eigenvalue weighted by atomic mass is 79.9. The molecule has 1 fully saturated rings. The Hall–Kier alpha value is -2.58. The number of hydrogen-bond acceptors (Lipinski definition) is 5. The van der Waals surface area contributed by atoms with Crippen LogP contribution < -0.4 is 20.0 Å². The molecular weight excluding hydrogens is 436 g/mol. The van der Waals surface area contributed by atoms with Gasteiger partial charge in [-0.2, -0.15) is 5.10 Å². The summed E-state index contributed by atoms with van der Waals surface area (Å²) in [6.07, 6.45) is 1.96. The Kier molecular flexibility index (Phi) is 7.48. The van der Waals surface area contributed by atoms with Crippen LogP contribution in [0.25, 0.3) is 0 Å². The van der Waals surface area contributed by atoms with Crippen molar-refractivity contribution in [1.29, 1.82) is 0 Å². The SMILES string of the molecule is COc1cc(/C=N/NC(=O)CC[NH+]2CCN(c3ccccc3)CC2)cc(Br)c1O. The summed E-state index contributed by atoms with van der Waals surface area (Å²) in [5.74, 6) is 0.262. The minimum absolute atomic E-state index is 0.0315. The van der Waals surface area contributed by atoms with Crippen LogP contribution in [-0.2, 0) is 4.79 Å². The first-order valence-corrected chi connectivity index (χ1v) is 10.4. The van der Waals surface area contributed by atoms with Crippen molar-refractivity contribution in [2.75, 3.05) is 44.7 Å². The number of piperazine rings is 1. The van der Waals surface area contributed by atoms with Crippen molar-refractivity contribution < 1.29 is 19.5 Å². The second kappa shape index (κ2) is 10.3. The molecule has 154 valence electrons. The number of hydrazone groups is 1. The number of ether oxygens (including phenoxy) is 1. The minimum Gasteiger partial charge on any atom is -0.503 e. The minimum atomic E-state index is -0.107. The average molecular weight is 462 g/mol. The molecule has 1 aliphatic heterocycles. The molecule has 3 N–H and O–H groups in total. The lowest BCUT2D eigenvalue weighted by Gasteiger charge is -2.33. The molecule has 3 rings (SSSR count). The Morgan fingerprint density at radius 2 is 2.03 bits per heavy atom. The number of benzene rings is 2. The second-order valence-corrected chi connectivity index (χ2v) is 7.77. The van der Waals surface area contributed by atoms with E-state index in [1.165, 1.54) is 23.9 Å². The third-order valence-electron chi connectivity index (χ3n) is 4.97. The zero-order valence-electron chi connectivity index (χ0n) is 16.4. The van der Waals surface area contributed by atoms with E-state index < -0.39 is 0 Å². The number of methoxy groups -OCH3 is 1. The lowest BCUT2D eigenvalue weighted by molar-refractivity contribution is -0.900. The van der Waals surface area contributed by atoms with Gasteiger partial charge in [-0.15, -0.1) is 0 Å². The van der Waals surface area contributed by atoms with E-state index in [1.54, 1.807) is 12.1 Å². The van der Waals surface area contributed by atoms with Crippen molar-refractivity contribution in [1.82, 2.24) is 5.43 Å². The normalized spacial score (nSPS) is 14.9. The van der Waals surface area contributed by atoms with Crippen molar-refractivity contribution in [2.45, 2.75) is 6.42 Å². The molecule has 0 radical (unpaired) electrons. The maximum atomic E-state index is 12.1. The van der Waals surface area contributed by atoms with Crippen molar-refractivity contribution in [3.05, 3.63) is 52.5 Å². The molecule has 1 aliphatic rings. The summed E-state index contributed by atoms with van der Waals surface area (Å²) in [6.45, 7) is 4.83. The fourth-order valence-corrected chi connectivity index (χ4v) is 3.78. The highest BCUT2D eigenvalue weighted by molar-refractivity contribution is 9.10. The van der Waals surface area contributed by atoms with Crippen molar-refractivity contribution in [2.24, 2.45) is 5.10 Å². The monoisotopic (exact) mass is 461 g/mol. The lowest BCUT2D eigenvalue weighted by Crippen LogP contribution is -3.15.